The zero-order chi connectivity index (χ0) is 17.2. The molecule has 2 aliphatic rings. The lowest BCUT2D eigenvalue weighted by Crippen LogP contribution is -2.25. The molecule has 6 heteroatoms. The predicted octanol–water partition coefficient (Wildman–Crippen LogP) is 2.06. The average Bonchev–Trinajstić information content (AvgIpc) is 3.26. The molecule has 0 radical (unpaired) electrons. The van der Waals surface area contributed by atoms with Gasteiger partial charge in [-0.25, -0.2) is 4.98 Å². The molecule has 0 saturated carbocycles. The van der Waals surface area contributed by atoms with E-state index in [1.165, 1.54) is 12.8 Å². The fraction of sp³-hybridized carbons (Fsp3) is 0.526. The summed E-state index contributed by atoms with van der Waals surface area (Å²) in [6.45, 7) is 6.82. The lowest BCUT2D eigenvalue weighted by Gasteiger charge is -2.18. The highest BCUT2D eigenvalue weighted by Crippen LogP contribution is 2.27. The number of rotatable bonds is 4. The molecule has 2 saturated heterocycles. The van der Waals surface area contributed by atoms with Crippen LogP contribution in [0, 0.1) is 6.92 Å². The Kier molecular flexibility index (Phi) is 4.53. The van der Waals surface area contributed by atoms with Crippen molar-refractivity contribution in [1.29, 1.82) is 0 Å². The van der Waals surface area contributed by atoms with E-state index >= 15 is 0 Å². The quantitative estimate of drug-likeness (QED) is 0.924. The van der Waals surface area contributed by atoms with E-state index in [0.717, 1.165) is 62.2 Å². The molecule has 1 atom stereocenters. The molecule has 1 unspecified atom stereocenters. The van der Waals surface area contributed by atoms with E-state index in [2.05, 4.69) is 31.9 Å². The molecule has 2 aromatic heterocycles. The number of hydrogen-bond donors (Lipinski definition) is 1. The fourth-order valence-electron chi connectivity index (χ4n) is 3.89. The van der Waals surface area contributed by atoms with Crippen LogP contribution in [0.25, 0.3) is 0 Å². The van der Waals surface area contributed by atoms with Gasteiger partial charge in [-0.2, -0.15) is 0 Å². The Morgan fingerprint density at radius 2 is 2.04 bits per heavy atom. The number of pyridine rings is 1. The fourth-order valence-corrected chi connectivity index (χ4v) is 3.89. The molecule has 2 fully saturated rings. The van der Waals surface area contributed by atoms with Crippen molar-refractivity contribution in [2.24, 2.45) is 0 Å². The molecule has 132 valence electrons. The Morgan fingerprint density at radius 1 is 1.20 bits per heavy atom. The van der Waals surface area contributed by atoms with Gasteiger partial charge in [-0.05, 0) is 44.9 Å². The number of aromatic amines is 1. The van der Waals surface area contributed by atoms with Crippen LogP contribution in [-0.4, -0.2) is 46.0 Å². The van der Waals surface area contributed by atoms with E-state index in [-0.39, 0.29) is 5.56 Å². The summed E-state index contributed by atoms with van der Waals surface area (Å²) in [5.41, 5.74) is 3.06. The zero-order valence-corrected chi connectivity index (χ0v) is 14.7. The summed E-state index contributed by atoms with van der Waals surface area (Å²) in [6.07, 6.45) is 3.39. The van der Waals surface area contributed by atoms with Crippen LogP contribution in [0.5, 0.6) is 0 Å². The molecule has 4 rings (SSSR count). The first-order valence-electron chi connectivity index (χ1n) is 9.18. The molecule has 0 aromatic carbocycles. The number of likely N-dealkylation sites (tertiary alicyclic amines) is 1. The maximum Gasteiger partial charge on any atom is 0.252 e. The van der Waals surface area contributed by atoms with Crippen molar-refractivity contribution in [3.63, 3.8) is 0 Å². The summed E-state index contributed by atoms with van der Waals surface area (Å²) in [5, 5.41) is 0. The Bertz CT molecular complexity index is 796. The molecule has 1 N–H and O–H groups in total. The molecule has 0 aliphatic carbocycles. The van der Waals surface area contributed by atoms with Crippen LogP contribution in [-0.2, 0) is 6.54 Å². The van der Waals surface area contributed by atoms with Crippen molar-refractivity contribution in [3.05, 3.63) is 51.7 Å². The van der Waals surface area contributed by atoms with Crippen LogP contribution in [0.1, 0.15) is 42.3 Å². The van der Waals surface area contributed by atoms with Crippen molar-refractivity contribution in [3.8, 4) is 0 Å². The largest absolute Gasteiger partial charge is 0.342 e. The molecular weight excluding hydrogens is 314 g/mol. The van der Waals surface area contributed by atoms with Crippen LogP contribution in [0.2, 0.25) is 0 Å². The number of anilines is 1. The Balaban J connectivity index is 1.47. The van der Waals surface area contributed by atoms with Gasteiger partial charge in [0.05, 0.1) is 11.4 Å². The van der Waals surface area contributed by atoms with E-state index in [9.17, 15) is 4.79 Å². The molecular formula is C19H25N5O. The summed E-state index contributed by atoms with van der Waals surface area (Å²) in [6, 6.07) is 7.85. The van der Waals surface area contributed by atoms with E-state index in [1.54, 1.807) is 6.07 Å². The van der Waals surface area contributed by atoms with Crippen molar-refractivity contribution in [2.75, 3.05) is 31.1 Å². The second-order valence-electron chi connectivity index (χ2n) is 7.18. The molecule has 2 aliphatic heterocycles. The van der Waals surface area contributed by atoms with Crippen LogP contribution >= 0.6 is 0 Å². The monoisotopic (exact) mass is 339 g/mol. The van der Waals surface area contributed by atoms with Gasteiger partial charge in [-0.3, -0.25) is 19.7 Å². The van der Waals surface area contributed by atoms with Gasteiger partial charge < -0.3 is 4.90 Å². The third kappa shape index (κ3) is 3.74. The first-order chi connectivity index (χ1) is 12.2. The lowest BCUT2D eigenvalue weighted by atomic mass is 10.1. The lowest BCUT2D eigenvalue weighted by molar-refractivity contribution is 0.322. The zero-order valence-electron chi connectivity index (χ0n) is 14.7. The summed E-state index contributed by atoms with van der Waals surface area (Å²) >= 11 is 0. The second-order valence-corrected chi connectivity index (χ2v) is 7.18. The Labute approximate surface area is 147 Å². The molecule has 4 heterocycles. The third-order valence-corrected chi connectivity index (χ3v) is 5.18. The van der Waals surface area contributed by atoms with E-state index in [1.807, 2.05) is 13.0 Å². The highest BCUT2D eigenvalue weighted by molar-refractivity contribution is 5.32. The van der Waals surface area contributed by atoms with Crippen molar-refractivity contribution >= 4 is 5.95 Å². The average molecular weight is 339 g/mol. The molecule has 0 bridgehead atoms. The normalized spacial score (nSPS) is 21.2. The van der Waals surface area contributed by atoms with Crippen LogP contribution in [0.4, 0.5) is 5.95 Å². The topological polar surface area (TPSA) is 65.1 Å². The van der Waals surface area contributed by atoms with Gasteiger partial charge in [0.25, 0.3) is 5.56 Å². The van der Waals surface area contributed by atoms with Gasteiger partial charge in [-0.1, -0.05) is 6.07 Å². The minimum Gasteiger partial charge on any atom is -0.342 e. The highest BCUT2D eigenvalue weighted by atomic mass is 16.1. The summed E-state index contributed by atoms with van der Waals surface area (Å²) < 4.78 is 0. The van der Waals surface area contributed by atoms with E-state index in [4.69, 9.17) is 4.98 Å². The molecule has 0 amide bonds. The predicted molar refractivity (Wildman–Crippen MR) is 97.9 cm³/mol. The molecule has 0 spiro atoms. The first kappa shape index (κ1) is 16.3. The van der Waals surface area contributed by atoms with E-state index in [0.29, 0.717) is 5.92 Å². The van der Waals surface area contributed by atoms with Gasteiger partial charge in [0.1, 0.15) is 0 Å². The van der Waals surface area contributed by atoms with E-state index < -0.39 is 0 Å². The minimum absolute atomic E-state index is 0.0364. The molecule has 6 nitrogen and oxygen atoms in total. The number of nitrogens with one attached hydrogen (secondary N) is 1. The third-order valence-electron chi connectivity index (χ3n) is 5.18. The van der Waals surface area contributed by atoms with Gasteiger partial charge in [-0.15, -0.1) is 0 Å². The number of H-pyrrole nitrogens is 1. The van der Waals surface area contributed by atoms with Crippen molar-refractivity contribution < 1.29 is 0 Å². The first-order valence-corrected chi connectivity index (χ1v) is 9.18. The Hall–Kier alpha value is -2.21. The maximum atomic E-state index is 12.1. The van der Waals surface area contributed by atoms with Crippen molar-refractivity contribution in [2.45, 2.75) is 38.6 Å². The van der Waals surface area contributed by atoms with Gasteiger partial charge in [0.15, 0.2) is 0 Å². The molecule has 2 aromatic rings. The number of aryl methyl sites for hydroxylation is 1. The van der Waals surface area contributed by atoms with Crippen LogP contribution in [0.15, 0.2) is 29.1 Å². The Morgan fingerprint density at radius 3 is 2.84 bits per heavy atom. The van der Waals surface area contributed by atoms with Crippen molar-refractivity contribution in [1.82, 2.24) is 19.9 Å². The number of nitrogens with zero attached hydrogens (tertiary/aromatic N) is 4. The molecule has 25 heavy (non-hydrogen) atoms. The van der Waals surface area contributed by atoms with Gasteiger partial charge in [0, 0.05) is 43.9 Å². The van der Waals surface area contributed by atoms with Gasteiger partial charge in [0.2, 0.25) is 5.95 Å². The summed E-state index contributed by atoms with van der Waals surface area (Å²) in [7, 11) is 0. The standard InChI is InChI=1S/C19H25N5O/c1-14-5-4-6-16(20-14)13-23-10-7-15(12-23)17-11-18(25)22-19(21-17)24-8-2-3-9-24/h4-6,11,15H,2-3,7-10,12-13H2,1H3,(H,21,22,25). The number of hydrogen-bond acceptors (Lipinski definition) is 5. The SMILES string of the molecule is Cc1cccc(CN2CCC(c3cc(=O)[nH]c(N4CCCC4)n3)C2)n1. The number of aromatic nitrogens is 3. The second kappa shape index (κ2) is 6.96. The highest BCUT2D eigenvalue weighted by Gasteiger charge is 2.26. The maximum absolute atomic E-state index is 12.1. The smallest absolute Gasteiger partial charge is 0.252 e. The minimum atomic E-state index is -0.0364. The summed E-state index contributed by atoms with van der Waals surface area (Å²) in [4.78, 5) is 29.0. The van der Waals surface area contributed by atoms with Crippen LogP contribution in [0.3, 0.4) is 0 Å². The van der Waals surface area contributed by atoms with Crippen LogP contribution < -0.4 is 10.5 Å². The summed E-state index contributed by atoms with van der Waals surface area (Å²) in [5.74, 6) is 1.08. The van der Waals surface area contributed by atoms with Gasteiger partial charge >= 0.3 is 0 Å².